The second-order valence-corrected chi connectivity index (χ2v) is 14.0. The molecule has 2 aromatic rings. The summed E-state index contributed by atoms with van der Waals surface area (Å²) in [5.74, 6) is -3.37. The van der Waals surface area contributed by atoms with Gasteiger partial charge in [-0.25, -0.2) is 0 Å². The van der Waals surface area contributed by atoms with Gasteiger partial charge in [-0.05, 0) is 50.7 Å². The number of nitrogens with zero attached hydrogens (tertiary/aromatic N) is 4. The van der Waals surface area contributed by atoms with Crippen LogP contribution in [0.1, 0.15) is 103 Å². The maximum atomic E-state index is 12.2. The largest absolute Gasteiger partial charge is 3.00 e. The Bertz CT molecular complexity index is 1500. The summed E-state index contributed by atoms with van der Waals surface area (Å²) >= 11 is 0. The van der Waals surface area contributed by atoms with Crippen molar-refractivity contribution in [2.24, 2.45) is 32.4 Å². The summed E-state index contributed by atoms with van der Waals surface area (Å²) in [4.78, 5) is 12.2. The minimum atomic E-state index is -5.10. The predicted octanol–water partition coefficient (Wildman–Crippen LogP) is 4.51. The molecule has 7 N–H and O–H groups in total. The molecule has 1 radical (unpaired) electrons. The van der Waals surface area contributed by atoms with Crippen LogP contribution in [-0.4, -0.2) is 41.9 Å². The number of allylic oxidation sites excluding steroid dienone is 1. The fourth-order valence-electron chi connectivity index (χ4n) is 5.39. The quantitative estimate of drug-likeness (QED) is 0.0603. The van der Waals surface area contributed by atoms with Crippen LogP contribution in [0.4, 0.5) is 17.1 Å². The average molecular weight is 769 g/mol. The number of nitro benzene ring substituents is 1. The monoisotopic (exact) mass is 768 g/mol. The molecule has 3 aliphatic carbocycles. The number of azo groups is 1. The fraction of sp³-hybridized carbons (Fsp3) is 0.559. The van der Waals surface area contributed by atoms with Gasteiger partial charge in [0.05, 0.1) is 26.9 Å². The van der Waals surface area contributed by atoms with E-state index in [0.717, 1.165) is 6.92 Å². The van der Waals surface area contributed by atoms with Crippen LogP contribution in [0.3, 0.4) is 0 Å². The first-order chi connectivity index (χ1) is 23.7. The van der Waals surface area contributed by atoms with E-state index < -0.39 is 54.4 Å². The van der Waals surface area contributed by atoms with Crippen LogP contribution < -0.4 is 32.5 Å². The van der Waals surface area contributed by atoms with E-state index in [4.69, 9.17) is 21.8 Å². The van der Waals surface area contributed by atoms with Crippen LogP contribution in [-0.2, 0) is 27.5 Å². The van der Waals surface area contributed by atoms with Crippen molar-refractivity contribution in [3.8, 4) is 5.75 Å². The van der Waals surface area contributed by atoms with E-state index in [2.05, 4.69) is 15.2 Å². The number of aliphatic imine (C=N–C) groups is 1. The van der Waals surface area contributed by atoms with Gasteiger partial charge in [-0.15, -0.1) is 5.76 Å². The molecule has 0 amide bonds. The van der Waals surface area contributed by atoms with Gasteiger partial charge in [0.2, 0.25) is 0 Å². The number of rotatable bonds is 6. The molecule has 15 nitrogen and oxygen atoms in total. The third-order valence-corrected chi connectivity index (χ3v) is 9.10. The molecular formula is C34H50CrN7O8S. The Labute approximate surface area is 311 Å². The third kappa shape index (κ3) is 18.1. The number of non-ortho nitro benzene ring substituents is 1. The van der Waals surface area contributed by atoms with Gasteiger partial charge in [0.15, 0.2) is 0 Å². The van der Waals surface area contributed by atoms with Crippen LogP contribution in [0.25, 0.3) is 0 Å². The summed E-state index contributed by atoms with van der Waals surface area (Å²) in [5.41, 5.74) is 14.6. The zero-order valence-corrected chi connectivity index (χ0v) is 31.1. The maximum Gasteiger partial charge on any atom is 3.00 e. The standard InChI is InChI=1S/C16H14N4O8S.3C6H13N.Cr/c1-9(21)14(16(23)17-10-5-3-2-4-6-10)19-18-12-7-11(20(24)25)8-13(15(12)22)29(26,27)28;3*7-6-4-2-1-3-5-6;/h2-8,21-22H,1H3,(H,17,23)(H,26,27,28);3*6H,1-5,7H2;/q;;;;+3/p-3. The van der Waals surface area contributed by atoms with E-state index in [1.807, 2.05) is 0 Å². The van der Waals surface area contributed by atoms with E-state index >= 15 is 0 Å². The normalized spacial score (nSPS) is 18.0. The molecule has 17 heteroatoms. The van der Waals surface area contributed by atoms with Gasteiger partial charge in [0.1, 0.15) is 0 Å². The van der Waals surface area contributed by atoms with Crippen molar-refractivity contribution in [3.63, 3.8) is 0 Å². The summed E-state index contributed by atoms with van der Waals surface area (Å²) in [6.07, 6.45) is 20.0. The first-order valence-electron chi connectivity index (χ1n) is 17.0. The zero-order valence-electron chi connectivity index (χ0n) is 29.0. The Balaban J connectivity index is 0.000000469. The number of hydrogen-bond donors (Lipinski definition) is 4. The summed E-state index contributed by atoms with van der Waals surface area (Å²) in [7, 11) is -5.10. The first-order valence-corrected chi connectivity index (χ1v) is 18.5. The molecule has 3 fully saturated rings. The summed E-state index contributed by atoms with van der Waals surface area (Å²) < 4.78 is 31.6. The third-order valence-electron chi connectivity index (χ3n) is 8.24. The second-order valence-electron chi connectivity index (χ2n) is 12.6. The number of hydrogen-bond acceptors (Lipinski definition) is 13. The van der Waals surface area contributed by atoms with Gasteiger partial charge in [0, 0.05) is 36.2 Å². The Hall–Kier alpha value is -3.43. The number of nitro groups is 1. The average Bonchev–Trinajstić information content (AvgIpc) is 3.07. The molecule has 5 rings (SSSR count). The van der Waals surface area contributed by atoms with Gasteiger partial charge in [-0.3, -0.25) is 19.7 Å². The topological polar surface area (TPSA) is 282 Å². The second kappa shape index (κ2) is 23.9. The molecule has 2 aromatic carbocycles. The smallest absolute Gasteiger partial charge is 0.874 e. The molecular weight excluding hydrogens is 718 g/mol. The SMILES string of the molecule is CC([O-])=C(N=Nc1cc([N+](=O)[O-])cc(S(=O)(=O)O)c1[O-])C([O-])=Nc1ccccc1.NC1CCCCC1.NC1CCCCC1.NC1CCCCC1.[Cr+3]. The number of benzene rings is 2. The van der Waals surface area contributed by atoms with Gasteiger partial charge in [-0.2, -0.15) is 18.6 Å². The van der Waals surface area contributed by atoms with Crippen LogP contribution in [0.5, 0.6) is 5.75 Å². The predicted molar refractivity (Wildman–Crippen MR) is 186 cm³/mol. The molecule has 51 heavy (non-hydrogen) atoms. The summed E-state index contributed by atoms with van der Waals surface area (Å²) in [6, 6.07) is 10.3. The van der Waals surface area contributed by atoms with Crippen molar-refractivity contribution in [1.82, 2.24) is 0 Å². The molecule has 3 saturated carbocycles. The molecule has 3 aliphatic rings. The van der Waals surface area contributed by atoms with Crippen molar-refractivity contribution >= 4 is 33.1 Å². The van der Waals surface area contributed by atoms with Crippen molar-refractivity contribution in [1.29, 1.82) is 0 Å². The Morgan fingerprint density at radius 1 is 0.804 bits per heavy atom. The molecule has 0 spiro atoms. The number of para-hydroxylation sites is 1. The molecule has 0 atom stereocenters. The van der Waals surface area contributed by atoms with E-state index in [1.165, 1.54) is 108 Å². The van der Waals surface area contributed by atoms with E-state index in [1.54, 1.807) is 18.2 Å². The Morgan fingerprint density at radius 3 is 1.57 bits per heavy atom. The summed E-state index contributed by atoms with van der Waals surface area (Å²) in [6.45, 7) is 0.974. The van der Waals surface area contributed by atoms with Crippen LogP contribution >= 0.6 is 0 Å². The van der Waals surface area contributed by atoms with E-state index in [9.17, 15) is 33.9 Å². The molecule has 0 saturated heterocycles. The van der Waals surface area contributed by atoms with Crippen molar-refractivity contribution in [2.75, 3.05) is 0 Å². The summed E-state index contributed by atoms with van der Waals surface area (Å²) in [5, 5.41) is 53.5. The van der Waals surface area contributed by atoms with Gasteiger partial charge >= 0.3 is 17.4 Å². The number of nitrogens with two attached hydrogens (primary N) is 3. The molecule has 0 aliphatic heterocycles. The van der Waals surface area contributed by atoms with Crippen molar-refractivity contribution in [2.45, 2.75) is 126 Å². The van der Waals surface area contributed by atoms with E-state index in [0.29, 0.717) is 30.3 Å². The van der Waals surface area contributed by atoms with Crippen molar-refractivity contribution in [3.05, 3.63) is 64.0 Å². The fourth-order valence-corrected chi connectivity index (χ4v) is 6.00. The minimum absolute atomic E-state index is 0. The Morgan fingerprint density at radius 2 is 1.24 bits per heavy atom. The van der Waals surface area contributed by atoms with Crippen LogP contribution in [0.2, 0.25) is 0 Å². The molecule has 0 heterocycles. The van der Waals surface area contributed by atoms with Crippen LogP contribution in [0, 0.1) is 10.1 Å². The van der Waals surface area contributed by atoms with Crippen LogP contribution in [0.15, 0.2) is 74.0 Å². The van der Waals surface area contributed by atoms with Gasteiger partial charge in [0.25, 0.3) is 15.8 Å². The van der Waals surface area contributed by atoms with Gasteiger partial charge in [-0.1, -0.05) is 88.7 Å². The maximum absolute atomic E-state index is 12.2. The Kier molecular flexibility index (Phi) is 21.4. The van der Waals surface area contributed by atoms with Gasteiger partial charge < -0.3 is 32.5 Å². The molecule has 0 bridgehead atoms. The molecule has 281 valence electrons. The van der Waals surface area contributed by atoms with E-state index in [-0.39, 0.29) is 23.0 Å². The molecule has 0 unspecified atom stereocenters. The first kappa shape index (κ1) is 45.6. The molecule has 0 aromatic heterocycles. The van der Waals surface area contributed by atoms with Crippen molar-refractivity contribution < 1.29 is 50.6 Å². The minimum Gasteiger partial charge on any atom is -0.874 e. The zero-order chi connectivity index (χ0) is 37.1.